The third-order valence-electron chi connectivity index (χ3n) is 4.78. The number of nitrogens with zero attached hydrogens (tertiary/aromatic N) is 6. The number of aromatic nitrogens is 4. The van der Waals surface area contributed by atoms with Gasteiger partial charge in [0.1, 0.15) is 5.75 Å². The van der Waals surface area contributed by atoms with Crippen LogP contribution < -0.4 is 9.64 Å². The fraction of sp³-hybridized carbons (Fsp3) is 0.389. The van der Waals surface area contributed by atoms with Crippen molar-refractivity contribution in [1.29, 1.82) is 0 Å². The Morgan fingerprint density at radius 2 is 1.79 bits per heavy atom. The second-order valence-electron chi connectivity index (χ2n) is 6.53. The largest absolute Gasteiger partial charge is 0.494 e. The number of sulfonamides is 1. The van der Waals surface area contributed by atoms with Gasteiger partial charge in [-0.15, -0.1) is 10.2 Å². The van der Waals surface area contributed by atoms with Gasteiger partial charge in [-0.2, -0.15) is 13.9 Å². The zero-order valence-electron chi connectivity index (χ0n) is 15.8. The highest BCUT2D eigenvalue weighted by atomic mass is 32.2. The number of hydrogen-bond donors (Lipinski definition) is 0. The van der Waals surface area contributed by atoms with Gasteiger partial charge < -0.3 is 9.64 Å². The molecule has 3 aromatic rings. The summed E-state index contributed by atoms with van der Waals surface area (Å²) >= 11 is 0. The zero-order chi connectivity index (χ0) is 19.7. The van der Waals surface area contributed by atoms with Gasteiger partial charge in [0.05, 0.1) is 23.4 Å². The molecule has 0 spiro atoms. The van der Waals surface area contributed by atoms with Crippen LogP contribution in [-0.2, 0) is 10.0 Å². The Balaban J connectivity index is 1.46. The van der Waals surface area contributed by atoms with Crippen LogP contribution in [0.5, 0.6) is 5.75 Å². The fourth-order valence-corrected chi connectivity index (χ4v) is 4.70. The lowest BCUT2D eigenvalue weighted by Crippen LogP contribution is -2.48. The molecule has 0 saturated carbocycles. The van der Waals surface area contributed by atoms with Crippen LogP contribution in [0.1, 0.15) is 12.7 Å². The summed E-state index contributed by atoms with van der Waals surface area (Å²) in [4.78, 5) is 2.40. The van der Waals surface area contributed by atoms with E-state index in [0.29, 0.717) is 44.2 Å². The Labute approximate surface area is 163 Å². The third-order valence-corrected chi connectivity index (χ3v) is 6.69. The number of rotatable bonds is 5. The first-order valence-corrected chi connectivity index (χ1v) is 10.6. The Morgan fingerprint density at radius 3 is 2.46 bits per heavy atom. The summed E-state index contributed by atoms with van der Waals surface area (Å²) in [6.45, 7) is 6.27. The first-order valence-electron chi connectivity index (χ1n) is 9.15. The topological polar surface area (TPSA) is 92.9 Å². The Morgan fingerprint density at radius 1 is 1.07 bits per heavy atom. The molecule has 2 aromatic heterocycles. The van der Waals surface area contributed by atoms with Crippen LogP contribution in [0.4, 0.5) is 5.69 Å². The summed E-state index contributed by atoms with van der Waals surface area (Å²) in [5.74, 6) is 1.39. The summed E-state index contributed by atoms with van der Waals surface area (Å²) < 4.78 is 34.4. The van der Waals surface area contributed by atoms with E-state index in [4.69, 9.17) is 4.74 Å². The quantitative estimate of drug-likeness (QED) is 0.636. The van der Waals surface area contributed by atoms with Crippen molar-refractivity contribution in [1.82, 2.24) is 24.1 Å². The van der Waals surface area contributed by atoms with E-state index in [1.54, 1.807) is 35.0 Å². The first-order chi connectivity index (χ1) is 13.5. The van der Waals surface area contributed by atoms with E-state index in [2.05, 4.69) is 20.2 Å². The molecule has 4 rings (SSSR count). The molecule has 1 aliphatic rings. The van der Waals surface area contributed by atoms with Gasteiger partial charge in [-0.05, 0) is 38.1 Å². The van der Waals surface area contributed by atoms with Gasteiger partial charge in [-0.25, -0.2) is 8.42 Å². The maximum absolute atomic E-state index is 12.9. The van der Waals surface area contributed by atoms with Crippen LogP contribution in [0.25, 0.3) is 5.65 Å². The van der Waals surface area contributed by atoms with Crippen LogP contribution in [-0.4, -0.2) is 65.3 Å². The molecular formula is C18H22N6O3S. The highest BCUT2D eigenvalue weighted by Crippen LogP contribution is 2.23. The van der Waals surface area contributed by atoms with E-state index >= 15 is 0 Å². The highest BCUT2D eigenvalue weighted by Gasteiger charge is 2.28. The standard InChI is InChI=1S/C18H22N6O3S/c1-3-27-16-4-6-17(7-5-16)28(25,26)23-10-8-22(9-11-23)15-12-18-21-20-14(2)24(18)19-13-15/h4-7,12-13H,3,8-11H2,1-2H3. The lowest BCUT2D eigenvalue weighted by atomic mass is 10.3. The van der Waals surface area contributed by atoms with Crippen molar-refractivity contribution in [3.63, 3.8) is 0 Å². The lowest BCUT2D eigenvalue weighted by molar-refractivity contribution is 0.340. The number of piperazine rings is 1. The van der Waals surface area contributed by atoms with Crippen LogP contribution in [0.15, 0.2) is 41.4 Å². The van der Waals surface area contributed by atoms with E-state index in [1.807, 2.05) is 19.9 Å². The van der Waals surface area contributed by atoms with Crippen molar-refractivity contribution in [2.24, 2.45) is 0 Å². The molecule has 0 amide bonds. The Hall–Kier alpha value is -2.72. The van der Waals surface area contributed by atoms with Gasteiger partial charge in [0.15, 0.2) is 11.5 Å². The summed E-state index contributed by atoms with van der Waals surface area (Å²) in [5, 5.41) is 12.5. The smallest absolute Gasteiger partial charge is 0.243 e. The Bertz CT molecular complexity index is 1070. The zero-order valence-corrected chi connectivity index (χ0v) is 16.6. The van der Waals surface area contributed by atoms with Gasteiger partial charge in [-0.3, -0.25) is 0 Å². The molecule has 9 nitrogen and oxygen atoms in total. The van der Waals surface area contributed by atoms with Crippen molar-refractivity contribution in [2.45, 2.75) is 18.7 Å². The van der Waals surface area contributed by atoms with Gasteiger partial charge in [-0.1, -0.05) is 0 Å². The maximum Gasteiger partial charge on any atom is 0.243 e. The number of anilines is 1. The SMILES string of the molecule is CCOc1ccc(S(=O)(=O)N2CCN(c3cnn4c(C)nnc4c3)CC2)cc1. The molecule has 0 atom stereocenters. The van der Waals surface area contributed by atoms with Gasteiger partial charge >= 0.3 is 0 Å². The van der Waals surface area contributed by atoms with Gasteiger partial charge in [0.2, 0.25) is 10.0 Å². The van der Waals surface area contributed by atoms with E-state index in [1.165, 1.54) is 4.31 Å². The average Bonchev–Trinajstić information content (AvgIpc) is 3.09. The summed E-state index contributed by atoms with van der Waals surface area (Å²) in [6.07, 6.45) is 1.76. The van der Waals surface area contributed by atoms with Crippen molar-refractivity contribution in [3.8, 4) is 5.75 Å². The van der Waals surface area contributed by atoms with Crippen LogP contribution in [0.2, 0.25) is 0 Å². The number of benzene rings is 1. The monoisotopic (exact) mass is 402 g/mol. The second kappa shape index (κ2) is 7.36. The van der Waals surface area contributed by atoms with Gasteiger partial charge in [0.25, 0.3) is 0 Å². The summed E-state index contributed by atoms with van der Waals surface area (Å²) in [7, 11) is -3.52. The minimum Gasteiger partial charge on any atom is -0.494 e. The molecule has 1 aromatic carbocycles. The molecule has 0 radical (unpaired) electrons. The minimum atomic E-state index is -3.52. The summed E-state index contributed by atoms with van der Waals surface area (Å²) in [6, 6.07) is 8.49. The number of fused-ring (bicyclic) bond motifs is 1. The lowest BCUT2D eigenvalue weighted by Gasteiger charge is -2.35. The molecule has 0 aliphatic carbocycles. The third kappa shape index (κ3) is 3.40. The molecular weight excluding hydrogens is 380 g/mol. The van der Waals surface area contributed by atoms with Crippen molar-refractivity contribution >= 4 is 21.4 Å². The minimum absolute atomic E-state index is 0.284. The number of ether oxygens (including phenoxy) is 1. The van der Waals surface area contributed by atoms with Crippen molar-refractivity contribution < 1.29 is 13.2 Å². The van der Waals surface area contributed by atoms with E-state index in [9.17, 15) is 8.42 Å². The van der Waals surface area contributed by atoms with E-state index < -0.39 is 10.0 Å². The van der Waals surface area contributed by atoms with E-state index in [0.717, 1.165) is 11.5 Å². The van der Waals surface area contributed by atoms with E-state index in [-0.39, 0.29) is 4.90 Å². The molecule has 0 N–H and O–H groups in total. The van der Waals surface area contributed by atoms with Crippen molar-refractivity contribution in [3.05, 3.63) is 42.4 Å². The predicted molar refractivity (Wildman–Crippen MR) is 104 cm³/mol. The number of hydrogen-bond acceptors (Lipinski definition) is 7. The normalized spacial score (nSPS) is 15.9. The van der Waals surface area contributed by atoms with Crippen molar-refractivity contribution in [2.75, 3.05) is 37.7 Å². The molecule has 0 bridgehead atoms. The molecule has 3 heterocycles. The Kier molecular flexibility index (Phi) is 4.90. The first kappa shape index (κ1) is 18.6. The molecule has 10 heteroatoms. The number of aryl methyl sites for hydroxylation is 1. The molecule has 148 valence electrons. The van der Waals surface area contributed by atoms with Crippen LogP contribution in [0, 0.1) is 6.92 Å². The average molecular weight is 402 g/mol. The fourth-order valence-electron chi connectivity index (χ4n) is 3.28. The van der Waals surface area contributed by atoms with Crippen LogP contribution in [0.3, 0.4) is 0 Å². The van der Waals surface area contributed by atoms with Gasteiger partial charge in [0, 0.05) is 32.2 Å². The highest BCUT2D eigenvalue weighted by molar-refractivity contribution is 7.89. The molecule has 1 saturated heterocycles. The molecule has 0 unspecified atom stereocenters. The van der Waals surface area contributed by atoms with Crippen LogP contribution >= 0.6 is 0 Å². The predicted octanol–water partition coefficient (Wildman–Crippen LogP) is 1.34. The molecule has 1 fully saturated rings. The summed E-state index contributed by atoms with van der Waals surface area (Å²) in [5.41, 5.74) is 1.59. The molecule has 1 aliphatic heterocycles. The maximum atomic E-state index is 12.9. The molecule has 28 heavy (non-hydrogen) atoms. The second-order valence-corrected chi connectivity index (χ2v) is 8.46.